The lowest BCUT2D eigenvalue weighted by atomic mass is 10.1. The number of phenolic OH excluding ortho intramolecular Hbond substituents is 1. The molecule has 0 aliphatic carbocycles. The van der Waals surface area contributed by atoms with Gasteiger partial charge in [-0.05, 0) is 31.6 Å². The van der Waals surface area contributed by atoms with Crippen LogP contribution >= 0.6 is 11.8 Å². The van der Waals surface area contributed by atoms with Gasteiger partial charge in [0, 0.05) is 22.6 Å². The van der Waals surface area contributed by atoms with E-state index in [0.717, 1.165) is 23.1 Å². The van der Waals surface area contributed by atoms with Crippen molar-refractivity contribution in [3.05, 3.63) is 36.4 Å². The molecule has 0 saturated carbocycles. The van der Waals surface area contributed by atoms with Crippen LogP contribution in [0.3, 0.4) is 0 Å². The summed E-state index contributed by atoms with van der Waals surface area (Å²) in [6.45, 7) is 1.06. The number of aromatic hydroxyl groups is 1. The zero-order chi connectivity index (χ0) is 12.3. The van der Waals surface area contributed by atoms with E-state index < -0.39 is 0 Å². The zero-order valence-corrected chi connectivity index (χ0v) is 11.0. The predicted molar refractivity (Wildman–Crippen MR) is 74.9 cm³/mol. The highest BCUT2D eigenvalue weighted by Gasteiger charge is 2.05. The van der Waals surface area contributed by atoms with E-state index in [1.54, 1.807) is 6.07 Å². The van der Waals surface area contributed by atoms with Crippen LogP contribution in [-0.2, 0) is 0 Å². The molecule has 0 amide bonds. The first-order valence-corrected chi connectivity index (χ1v) is 6.65. The quantitative estimate of drug-likeness (QED) is 0.839. The molecule has 2 aromatic carbocycles. The summed E-state index contributed by atoms with van der Waals surface area (Å²) in [7, 11) is 4.16. The highest BCUT2D eigenvalue weighted by Crippen LogP contribution is 2.33. The van der Waals surface area contributed by atoms with Crippen molar-refractivity contribution in [2.24, 2.45) is 0 Å². The summed E-state index contributed by atoms with van der Waals surface area (Å²) < 4.78 is 0. The van der Waals surface area contributed by atoms with Gasteiger partial charge in [-0.15, -0.1) is 11.8 Å². The minimum atomic E-state index is 0.359. The van der Waals surface area contributed by atoms with Crippen LogP contribution < -0.4 is 0 Å². The molecular weight excluding hydrogens is 230 g/mol. The summed E-state index contributed by atoms with van der Waals surface area (Å²) in [5.41, 5.74) is 0. The Labute approximate surface area is 106 Å². The molecule has 17 heavy (non-hydrogen) atoms. The number of hydrogen-bond donors (Lipinski definition) is 1. The summed E-state index contributed by atoms with van der Waals surface area (Å²) in [6.07, 6.45) is 0. The van der Waals surface area contributed by atoms with Crippen molar-refractivity contribution in [1.82, 2.24) is 4.90 Å². The fourth-order valence-corrected chi connectivity index (χ4v) is 2.89. The Morgan fingerprint density at radius 3 is 2.47 bits per heavy atom. The van der Waals surface area contributed by atoms with E-state index in [1.807, 2.05) is 36.0 Å². The van der Waals surface area contributed by atoms with Crippen molar-refractivity contribution >= 4 is 22.5 Å². The molecule has 0 spiro atoms. The Bertz CT molecular complexity index is 511. The number of thioether (sulfide) groups is 1. The van der Waals surface area contributed by atoms with Gasteiger partial charge in [-0.1, -0.05) is 24.3 Å². The highest BCUT2D eigenvalue weighted by molar-refractivity contribution is 7.99. The normalized spacial score (nSPS) is 11.2. The summed E-state index contributed by atoms with van der Waals surface area (Å²) in [5.74, 6) is 1.42. The van der Waals surface area contributed by atoms with Crippen LogP contribution in [0.25, 0.3) is 10.8 Å². The molecule has 0 fully saturated rings. The van der Waals surface area contributed by atoms with Crippen LogP contribution in [0.15, 0.2) is 41.3 Å². The van der Waals surface area contributed by atoms with Crippen LogP contribution in [-0.4, -0.2) is 36.4 Å². The fourth-order valence-electron chi connectivity index (χ4n) is 1.72. The molecule has 2 rings (SSSR count). The summed E-state index contributed by atoms with van der Waals surface area (Å²) in [6, 6.07) is 11.8. The lowest BCUT2D eigenvalue weighted by Crippen LogP contribution is -2.14. The van der Waals surface area contributed by atoms with Crippen molar-refractivity contribution < 1.29 is 5.11 Å². The Morgan fingerprint density at radius 1 is 1.06 bits per heavy atom. The van der Waals surface area contributed by atoms with E-state index in [2.05, 4.69) is 25.1 Å². The maximum Gasteiger partial charge on any atom is 0.123 e. The topological polar surface area (TPSA) is 23.5 Å². The van der Waals surface area contributed by atoms with Gasteiger partial charge < -0.3 is 10.0 Å². The molecule has 0 aliphatic heterocycles. The van der Waals surface area contributed by atoms with Crippen molar-refractivity contribution in [3.8, 4) is 5.75 Å². The third-order valence-electron chi connectivity index (χ3n) is 2.66. The van der Waals surface area contributed by atoms with Gasteiger partial charge in [0.25, 0.3) is 0 Å². The molecule has 2 aromatic rings. The summed E-state index contributed by atoms with van der Waals surface area (Å²) in [4.78, 5) is 3.41. The van der Waals surface area contributed by atoms with Crippen LogP contribution in [0, 0.1) is 0 Å². The smallest absolute Gasteiger partial charge is 0.123 e. The van der Waals surface area contributed by atoms with Gasteiger partial charge in [-0.3, -0.25) is 0 Å². The number of phenols is 1. The van der Waals surface area contributed by atoms with Crippen molar-refractivity contribution in [3.63, 3.8) is 0 Å². The van der Waals surface area contributed by atoms with Crippen molar-refractivity contribution in [1.29, 1.82) is 0 Å². The molecule has 0 aromatic heterocycles. The molecule has 0 saturated heterocycles. The zero-order valence-electron chi connectivity index (χ0n) is 10.2. The molecule has 2 nitrogen and oxygen atoms in total. The van der Waals surface area contributed by atoms with Gasteiger partial charge in [0.15, 0.2) is 0 Å². The van der Waals surface area contributed by atoms with Crippen LogP contribution in [0.4, 0.5) is 0 Å². The molecular formula is C14H17NOS. The first-order valence-electron chi connectivity index (χ1n) is 5.67. The Morgan fingerprint density at radius 2 is 1.76 bits per heavy atom. The molecule has 0 unspecified atom stereocenters. The maximum atomic E-state index is 9.79. The molecule has 90 valence electrons. The van der Waals surface area contributed by atoms with Gasteiger partial charge in [0.1, 0.15) is 5.75 Å². The van der Waals surface area contributed by atoms with Crippen LogP contribution in [0.1, 0.15) is 0 Å². The minimum Gasteiger partial charge on any atom is -0.507 e. The average Bonchev–Trinajstić information content (AvgIpc) is 2.32. The van der Waals surface area contributed by atoms with E-state index in [0.29, 0.717) is 5.75 Å². The van der Waals surface area contributed by atoms with Gasteiger partial charge in [-0.2, -0.15) is 0 Å². The third-order valence-corrected chi connectivity index (χ3v) is 3.71. The number of benzene rings is 2. The molecule has 0 bridgehead atoms. The monoisotopic (exact) mass is 247 g/mol. The predicted octanol–water partition coefficient (Wildman–Crippen LogP) is 3.20. The van der Waals surface area contributed by atoms with Crippen LogP contribution in [0.2, 0.25) is 0 Å². The van der Waals surface area contributed by atoms with E-state index >= 15 is 0 Å². The summed E-state index contributed by atoms with van der Waals surface area (Å²) >= 11 is 1.83. The molecule has 3 heteroatoms. The molecule has 0 radical (unpaired) electrons. The first kappa shape index (κ1) is 12.3. The lowest BCUT2D eigenvalue weighted by molar-refractivity contribution is 0.437. The van der Waals surface area contributed by atoms with Gasteiger partial charge in [0.05, 0.1) is 0 Å². The van der Waals surface area contributed by atoms with Gasteiger partial charge in [0.2, 0.25) is 0 Å². The summed E-state index contributed by atoms with van der Waals surface area (Å²) in [5, 5.41) is 11.9. The molecule has 0 aliphatic rings. The molecule has 0 heterocycles. The van der Waals surface area contributed by atoms with E-state index in [9.17, 15) is 5.11 Å². The highest BCUT2D eigenvalue weighted by atomic mass is 32.2. The average molecular weight is 247 g/mol. The number of fused-ring (bicyclic) bond motifs is 1. The van der Waals surface area contributed by atoms with E-state index in [-0.39, 0.29) is 0 Å². The maximum absolute atomic E-state index is 9.79. The lowest BCUT2D eigenvalue weighted by Gasteiger charge is -2.10. The second kappa shape index (κ2) is 5.43. The molecule has 1 N–H and O–H groups in total. The van der Waals surface area contributed by atoms with E-state index in [1.165, 1.54) is 4.90 Å². The fraction of sp³-hybridized carbons (Fsp3) is 0.286. The van der Waals surface area contributed by atoms with Crippen molar-refractivity contribution in [2.45, 2.75) is 4.90 Å². The van der Waals surface area contributed by atoms with Gasteiger partial charge >= 0.3 is 0 Å². The van der Waals surface area contributed by atoms with E-state index in [4.69, 9.17) is 0 Å². The molecule has 0 atom stereocenters. The third kappa shape index (κ3) is 2.93. The Balaban J connectivity index is 2.26. The largest absolute Gasteiger partial charge is 0.507 e. The second-order valence-electron chi connectivity index (χ2n) is 4.28. The SMILES string of the molecule is CN(C)CCSc1ccc(O)c2ccccc12. The van der Waals surface area contributed by atoms with Crippen molar-refractivity contribution in [2.75, 3.05) is 26.4 Å². The standard InChI is InChI=1S/C14H17NOS/c1-15(2)9-10-17-14-8-7-13(16)11-5-3-4-6-12(11)14/h3-8,16H,9-10H2,1-2H3. The number of hydrogen-bond acceptors (Lipinski definition) is 3. The second-order valence-corrected chi connectivity index (χ2v) is 5.42. The Hall–Kier alpha value is -1.19. The Kier molecular flexibility index (Phi) is 3.92. The van der Waals surface area contributed by atoms with Gasteiger partial charge in [-0.25, -0.2) is 0 Å². The van der Waals surface area contributed by atoms with Crippen LogP contribution in [0.5, 0.6) is 5.75 Å². The first-order chi connectivity index (χ1) is 8.18. The number of rotatable bonds is 4. The minimum absolute atomic E-state index is 0.359. The number of nitrogens with zero attached hydrogens (tertiary/aromatic N) is 1.